The van der Waals surface area contributed by atoms with Gasteiger partial charge in [0.2, 0.25) is 11.8 Å². The number of esters is 1. The number of ether oxygens (including phenoxy) is 1. The minimum atomic E-state index is -0.443. The third kappa shape index (κ3) is 5.24. The van der Waals surface area contributed by atoms with E-state index in [0.717, 1.165) is 5.56 Å². The molecule has 0 unspecified atom stereocenters. The van der Waals surface area contributed by atoms with Crippen LogP contribution in [0.5, 0.6) is 0 Å². The van der Waals surface area contributed by atoms with E-state index in [1.54, 1.807) is 24.3 Å². The van der Waals surface area contributed by atoms with Crippen LogP contribution in [0.2, 0.25) is 0 Å². The molecule has 6 nitrogen and oxygen atoms in total. The van der Waals surface area contributed by atoms with Gasteiger partial charge in [-0.15, -0.1) is 0 Å². The molecule has 24 heavy (non-hydrogen) atoms. The van der Waals surface area contributed by atoms with Crippen molar-refractivity contribution in [2.75, 3.05) is 19.0 Å². The quantitative estimate of drug-likeness (QED) is 0.792. The normalized spacial score (nSPS) is 9.88. The van der Waals surface area contributed by atoms with Gasteiger partial charge in [-0.3, -0.25) is 9.59 Å². The molecule has 2 N–H and O–H groups in total. The number of anilines is 1. The number of rotatable bonds is 6. The van der Waals surface area contributed by atoms with E-state index in [2.05, 4.69) is 15.4 Å². The average Bonchev–Trinajstić information content (AvgIpc) is 2.61. The van der Waals surface area contributed by atoms with Gasteiger partial charge in [-0.2, -0.15) is 0 Å². The van der Waals surface area contributed by atoms with E-state index in [1.807, 2.05) is 30.3 Å². The van der Waals surface area contributed by atoms with E-state index in [9.17, 15) is 14.4 Å². The number of nitrogens with one attached hydrogen (secondary N) is 2. The first-order valence-electron chi connectivity index (χ1n) is 7.37. The van der Waals surface area contributed by atoms with Crippen molar-refractivity contribution in [1.82, 2.24) is 5.32 Å². The van der Waals surface area contributed by atoms with Crippen LogP contribution in [0.1, 0.15) is 15.9 Å². The molecule has 0 aliphatic heterocycles. The molecule has 2 amide bonds. The van der Waals surface area contributed by atoms with Crippen LogP contribution in [0, 0.1) is 0 Å². The summed E-state index contributed by atoms with van der Waals surface area (Å²) in [5.41, 5.74) is 1.81. The molecule has 0 aliphatic carbocycles. The molecular formula is C18H18N2O4. The molecule has 0 bridgehead atoms. The Kier molecular flexibility index (Phi) is 6.08. The van der Waals surface area contributed by atoms with E-state index in [-0.39, 0.29) is 24.8 Å². The van der Waals surface area contributed by atoms with Crippen molar-refractivity contribution >= 4 is 23.5 Å². The Morgan fingerprint density at radius 2 is 1.58 bits per heavy atom. The van der Waals surface area contributed by atoms with E-state index in [0.29, 0.717) is 11.3 Å². The third-order valence-corrected chi connectivity index (χ3v) is 3.24. The second kappa shape index (κ2) is 8.47. The zero-order chi connectivity index (χ0) is 17.4. The van der Waals surface area contributed by atoms with Gasteiger partial charge in [-0.1, -0.05) is 30.3 Å². The fourth-order valence-electron chi connectivity index (χ4n) is 2.04. The van der Waals surface area contributed by atoms with Crippen LogP contribution in [0.4, 0.5) is 5.69 Å². The Morgan fingerprint density at radius 3 is 2.21 bits per heavy atom. The van der Waals surface area contributed by atoms with Crippen LogP contribution in [0.3, 0.4) is 0 Å². The second-order valence-corrected chi connectivity index (χ2v) is 5.06. The number of hydrogen-bond acceptors (Lipinski definition) is 4. The van der Waals surface area contributed by atoms with Gasteiger partial charge in [0.15, 0.2) is 0 Å². The van der Waals surface area contributed by atoms with Crippen LogP contribution in [0.25, 0.3) is 0 Å². The molecule has 2 aromatic rings. The van der Waals surface area contributed by atoms with Crippen molar-refractivity contribution < 1.29 is 19.1 Å². The number of amides is 2. The van der Waals surface area contributed by atoms with Crippen molar-refractivity contribution in [2.45, 2.75) is 6.42 Å². The van der Waals surface area contributed by atoms with E-state index >= 15 is 0 Å². The molecule has 0 heterocycles. The molecule has 0 aromatic heterocycles. The monoisotopic (exact) mass is 326 g/mol. The second-order valence-electron chi connectivity index (χ2n) is 5.06. The average molecular weight is 326 g/mol. The van der Waals surface area contributed by atoms with Crippen molar-refractivity contribution in [3.8, 4) is 0 Å². The minimum absolute atomic E-state index is 0.121. The number of methoxy groups -OCH3 is 1. The highest BCUT2D eigenvalue weighted by molar-refractivity contribution is 5.95. The third-order valence-electron chi connectivity index (χ3n) is 3.24. The number of hydrogen-bond donors (Lipinski definition) is 2. The fraction of sp³-hybridized carbons (Fsp3) is 0.167. The Balaban J connectivity index is 1.78. The summed E-state index contributed by atoms with van der Waals surface area (Å²) in [6.45, 7) is -0.121. The molecule has 0 spiro atoms. The lowest BCUT2D eigenvalue weighted by atomic mass is 10.1. The van der Waals surface area contributed by atoms with Crippen LogP contribution in [-0.2, 0) is 20.7 Å². The molecule has 0 aliphatic rings. The number of benzene rings is 2. The Hall–Kier alpha value is -3.15. The lowest BCUT2D eigenvalue weighted by Crippen LogP contribution is -2.33. The molecule has 0 radical (unpaired) electrons. The molecular weight excluding hydrogens is 308 g/mol. The van der Waals surface area contributed by atoms with Gasteiger partial charge in [0.1, 0.15) is 0 Å². The summed E-state index contributed by atoms with van der Waals surface area (Å²) in [6.07, 6.45) is 0.224. The summed E-state index contributed by atoms with van der Waals surface area (Å²) >= 11 is 0. The molecule has 124 valence electrons. The zero-order valence-electron chi connectivity index (χ0n) is 13.2. The lowest BCUT2D eigenvalue weighted by molar-refractivity contribution is -0.123. The molecule has 0 fully saturated rings. The number of carbonyl (C=O) groups excluding carboxylic acids is 3. The highest BCUT2D eigenvalue weighted by Gasteiger charge is 2.08. The molecule has 0 saturated carbocycles. The first kappa shape index (κ1) is 17.2. The van der Waals surface area contributed by atoms with Gasteiger partial charge >= 0.3 is 5.97 Å². The summed E-state index contributed by atoms with van der Waals surface area (Å²) in [5.74, 6) is -1.01. The summed E-state index contributed by atoms with van der Waals surface area (Å²) < 4.78 is 4.60. The van der Waals surface area contributed by atoms with Gasteiger partial charge in [-0.25, -0.2) is 4.79 Å². The first-order chi connectivity index (χ1) is 11.6. The maximum absolute atomic E-state index is 11.8. The van der Waals surface area contributed by atoms with Gasteiger partial charge in [0.25, 0.3) is 0 Å². The maximum Gasteiger partial charge on any atom is 0.337 e. The largest absolute Gasteiger partial charge is 0.465 e. The van der Waals surface area contributed by atoms with Crippen LogP contribution < -0.4 is 10.6 Å². The molecule has 0 atom stereocenters. The van der Waals surface area contributed by atoms with E-state index in [4.69, 9.17) is 0 Å². The van der Waals surface area contributed by atoms with E-state index < -0.39 is 5.97 Å². The summed E-state index contributed by atoms with van der Waals surface area (Å²) in [7, 11) is 1.30. The molecule has 0 saturated heterocycles. The first-order valence-corrected chi connectivity index (χ1v) is 7.37. The molecule has 2 rings (SSSR count). The molecule has 2 aromatic carbocycles. The smallest absolute Gasteiger partial charge is 0.337 e. The highest BCUT2D eigenvalue weighted by atomic mass is 16.5. The molecule has 6 heteroatoms. The van der Waals surface area contributed by atoms with Gasteiger partial charge < -0.3 is 15.4 Å². The van der Waals surface area contributed by atoms with Crippen LogP contribution in [0.15, 0.2) is 54.6 Å². The van der Waals surface area contributed by atoms with Gasteiger partial charge in [0, 0.05) is 5.69 Å². The predicted octanol–water partition coefficient (Wildman–Crippen LogP) is 1.77. The van der Waals surface area contributed by atoms with Gasteiger partial charge in [0.05, 0.1) is 25.6 Å². The fourth-order valence-corrected chi connectivity index (χ4v) is 2.04. The summed E-state index contributed by atoms with van der Waals surface area (Å²) in [6, 6.07) is 15.6. The Labute approximate surface area is 139 Å². The van der Waals surface area contributed by atoms with Crippen LogP contribution in [-0.4, -0.2) is 31.4 Å². The van der Waals surface area contributed by atoms with Crippen molar-refractivity contribution in [3.63, 3.8) is 0 Å². The van der Waals surface area contributed by atoms with Crippen molar-refractivity contribution in [3.05, 3.63) is 65.7 Å². The zero-order valence-corrected chi connectivity index (χ0v) is 13.2. The highest BCUT2D eigenvalue weighted by Crippen LogP contribution is 2.10. The Morgan fingerprint density at radius 1 is 0.917 bits per heavy atom. The minimum Gasteiger partial charge on any atom is -0.465 e. The maximum atomic E-state index is 11.8. The predicted molar refractivity (Wildman–Crippen MR) is 89.6 cm³/mol. The van der Waals surface area contributed by atoms with E-state index in [1.165, 1.54) is 7.11 Å². The van der Waals surface area contributed by atoms with Crippen molar-refractivity contribution in [2.24, 2.45) is 0 Å². The lowest BCUT2D eigenvalue weighted by Gasteiger charge is -2.08. The standard InChI is InChI=1S/C18H18N2O4/c1-24-18(23)14-7-9-15(10-8-14)20-17(22)12-19-16(21)11-13-5-3-2-4-6-13/h2-10H,11-12H2,1H3,(H,19,21)(H,20,22). The summed E-state index contributed by atoms with van der Waals surface area (Å²) in [4.78, 5) is 34.9. The topological polar surface area (TPSA) is 84.5 Å². The van der Waals surface area contributed by atoms with Crippen molar-refractivity contribution in [1.29, 1.82) is 0 Å². The van der Waals surface area contributed by atoms with Crippen LogP contribution >= 0.6 is 0 Å². The summed E-state index contributed by atoms with van der Waals surface area (Å²) in [5, 5.41) is 5.20. The number of carbonyl (C=O) groups is 3. The van der Waals surface area contributed by atoms with Gasteiger partial charge in [-0.05, 0) is 29.8 Å². The Bertz CT molecular complexity index is 712. The SMILES string of the molecule is COC(=O)c1ccc(NC(=O)CNC(=O)Cc2ccccc2)cc1.